The van der Waals surface area contributed by atoms with E-state index in [1.807, 2.05) is 18.5 Å². The lowest BCUT2D eigenvalue weighted by Crippen LogP contribution is -2.44. The molecule has 0 aliphatic carbocycles. The molecular formula is C14H23N3O. The van der Waals surface area contributed by atoms with Crippen LogP contribution in [0.4, 0.5) is 0 Å². The minimum atomic E-state index is 0.342. The van der Waals surface area contributed by atoms with Gasteiger partial charge >= 0.3 is 0 Å². The molecule has 2 heterocycles. The summed E-state index contributed by atoms with van der Waals surface area (Å²) in [4.78, 5) is 6.62. The Labute approximate surface area is 109 Å². The molecule has 1 aliphatic heterocycles. The lowest BCUT2D eigenvalue weighted by Gasteiger charge is -2.30. The summed E-state index contributed by atoms with van der Waals surface area (Å²) in [7, 11) is 0. The number of aromatic nitrogens is 1. The average molecular weight is 249 g/mol. The quantitative estimate of drug-likeness (QED) is 0.857. The van der Waals surface area contributed by atoms with Gasteiger partial charge in [-0.25, -0.2) is 0 Å². The van der Waals surface area contributed by atoms with Crippen LogP contribution in [0.1, 0.15) is 25.5 Å². The van der Waals surface area contributed by atoms with E-state index < -0.39 is 0 Å². The van der Waals surface area contributed by atoms with Gasteiger partial charge in [0.25, 0.3) is 0 Å². The van der Waals surface area contributed by atoms with Crippen molar-refractivity contribution in [2.24, 2.45) is 0 Å². The molecule has 1 saturated heterocycles. The summed E-state index contributed by atoms with van der Waals surface area (Å²) < 4.78 is 5.36. The summed E-state index contributed by atoms with van der Waals surface area (Å²) in [5.74, 6) is 0. The molecule has 4 nitrogen and oxygen atoms in total. The first-order valence-electron chi connectivity index (χ1n) is 6.72. The van der Waals surface area contributed by atoms with Crippen molar-refractivity contribution in [2.75, 3.05) is 32.8 Å². The molecule has 2 unspecified atom stereocenters. The third-order valence-corrected chi connectivity index (χ3v) is 3.35. The van der Waals surface area contributed by atoms with Gasteiger partial charge in [0, 0.05) is 44.1 Å². The van der Waals surface area contributed by atoms with Crippen LogP contribution < -0.4 is 5.32 Å². The maximum Gasteiger partial charge on any atom is 0.0594 e. The van der Waals surface area contributed by atoms with Crippen LogP contribution in [0.25, 0.3) is 0 Å². The van der Waals surface area contributed by atoms with Crippen LogP contribution in [0.15, 0.2) is 24.5 Å². The molecule has 1 aromatic heterocycles. The fourth-order valence-corrected chi connectivity index (χ4v) is 2.38. The maximum absolute atomic E-state index is 5.36. The summed E-state index contributed by atoms with van der Waals surface area (Å²) in [6, 6.07) is 4.92. The second-order valence-corrected chi connectivity index (χ2v) is 4.99. The van der Waals surface area contributed by atoms with E-state index in [-0.39, 0.29) is 0 Å². The average Bonchev–Trinajstić information content (AvgIpc) is 2.40. The number of hydrogen-bond acceptors (Lipinski definition) is 4. The van der Waals surface area contributed by atoms with Crippen LogP contribution in [0.2, 0.25) is 0 Å². The molecule has 2 rings (SSSR count). The zero-order valence-electron chi connectivity index (χ0n) is 11.3. The highest BCUT2D eigenvalue weighted by molar-refractivity contribution is 5.12. The molecule has 0 saturated carbocycles. The number of pyridine rings is 1. The molecule has 1 aliphatic rings. The second-order valence-electron chi connectivity index (χ2n) is 4.99. The molecular weight excluding hydrogens is 226 g/mol. The van der Waals surface area contributed by atoms with Crippen molar-refractivity contribution < 1.29 is 4.74 Å². The summed E-state index contributed by atoms with van der Waals surface area (Å²) in [6.45, 7) is 9.33. The molecule has 0 aromatic carbocycles. The first kappa shape index (κ1) is 13.5. The first-order chi connectivity index (χ1) is 8.75. The lowest BCUT2D eigenvalue weighted by molar-refractivity contribution is 0.0339. The summed E-state index contributed by atoms with van der Waals surface area (Å²) in [6.07, 6.45) is 3.74. The first-order valence-corrected chi connectivity index (χ1v) is 6.72. The van der Waals surface area contributed by atoms with E-state index in [4.69, 9.17) is 4.74 Å². The SMILES string of the molecule is CC(CN1CCOCC1)NC(C)c1cccnc1. The van der Waals surface area contributed by atoms with Gasteiger partial charge in [0.05, 0.1) is 13.2 Å². The van der Waals surface area contributed by atoms with Crippen molar-refractivity contribution in [1.82, 2.24) is 15.2 Å². The van der Waals surface area contributed by atoms with Gasteiger partial charge in [0.15, 0.2) is 0 Å². The number of morpholine rings is 1. The van der Waals surface area contributed by atoms with Crippen molar-refractivity contribution in [3.63, 3.8) is 0 Å². The highest BCUT2D eigenvalue weighted by Gasteiger charge is 2.15. The molecule has 0 spiro atoms. The lowest BCUT2D eigenvalue weighted by atomic mass is 10.1. The van der Waals surface area contributed by atoms with Crippen molar-refractivity contribution in [2.45, 2.75) is 25.9 Å². The Hall–Kier alpha value is -0.970. The Balaban J connectivity index is 1.78. The van der Waals surface area contributed by atoms with Crippen molar-refractivity contribution in [3.8, 4) is 0 Å². The van der Waals surface area contributed by atoms with Crippen LogP contribution in [-0.2, 0) is 4.74 Å². The minimum absolute atomic E-state index is 0.342. The molecule has 1 fully saturated rings. The van der Waals surface area contributed by atoms with Crippen LogP contribution in [0, 0.1) is 0 Å². The van der Waals surface area contributed by atoms with Gasteiger partial charge in [-0.15, -0.1) is 0 Å². The van der Waals surface area contributed by atoms with E-state index in [0.29, 0.717) is 12.1 Å². The fraction of sp³-hybridized carbons (Fsp3) is 0.643. The molecule has 1 aromatic rings. The van der Waals surface area contributed by atoms with E-state index in [2.05, 4.69) is 35.1 Å². The molecule has 2 atom stereocenters. The number of nitrogens with zero attached hydrogens (tertiary/aromatic N) is 2. The predicted molar refractivity (Wildman–Crippen MR) is 72.5 cm³/mol. The van der Waals surface area contributed by atoms with E-state index in [0.717, 1.165) is 32.8 Å². The topological polar surface area (TPSA) is 37.4 Å². The van der Waals surface area contributed by atoms with Crippen LogP contribution >= 0.6 is 0 Å². The van der Waals surface area contributed by atoms with Crippen LogP contribution in [-0.4, -0.2) is 48.8 Å². The zero-order valence-corrected chi connectivity index (χ0v) is 11.3. The second kappa shape index (κ2) is 6.83. The number of rotatable bonds is 5. The molecule has 0 radical (unpaired) electrons. The number of hydrogen-bond donors (Lipinski definition) is 1. The Morgan fingerprint density at radius 1 is 1.39 bits per heavy atom. The van der Waals surface area contributed by atoms with Crippen LogP contribution in [0.5, 0.6) is 0 Å². The summed E-state index contributed by atoms with van der Waals surface area (Å²) in [5.41, 5.74) is 1.24. The standard InChI is InChI=1S/C14H23N3O/c1-12(11-17-6-8-18-9-7-17)16-13(2)14-4-3-5-15-10-14/h3-5,10,12-13,16H,6-9,11H2,1-2H3. The maximum atomic E-state index is 5.36. The number of nitrogens with one attached hydrogen (secondary N) is 1. The molecule has 4 heteroatoms. The third kappa shape index (κ3) is 4.05. The smallest absolute Gasteiger partial charge is 0.0594 e. The summed E-state index contributed by atoms with van der Waals surface area (Å²) in [5, 5.41) is 3.62. The van der Waals surface area contributed by atoms with E-state index in [9.17, 15) is 0 Å². The summed E-state index contributed by atoms with van der Waals surface area (Å²) >= 11 is 0. The molecule has 0 bridgehead atoms. The van der Waals surface area contributed by atoms with E-state index in [1.54, 1.807) is 0 Å². The minimum Gasteiger partial charge on any atom is -0.379 e. The Morgan fingerprint density at radius 2 is 2.17 bits per heavy atom. The van der Waals surface area contributed by atoms with Gasteiger partial charge in [-0.3, -0.25) is 9.88 Å². The molecule has 0 amide bonds. The Kier molecular flexibility index (Phi) is 5.11. The van der Waals surface area contributed by atoms with Gasteiger partial charge in [0.2, 0.25) is 0 Å². The third-order valence-electron chi connectivity index (χ3n) is 3.35. The zero-order chi connectivity index (χ0) is 12.8. The Bertz CT molecular complexity index is 338. The molecule has 1 N–H and O–H groups in total. The Morgan fingerprint density at radius 3 is 2.83 bits per heavy atom. The fourth-order valence-electron chi connectivity index (χ4n) is 2.38. The van der Waals surface area contributed by atoms with Gasteiger partial charge in [-0.2, -0.15) is 0 Å². The van der Waals surface area contributed by atoms with Crippen molar-refractivity contribution in [1.29, 1.82) is 0 Å². The van der Waals surface area contributed by atoms with Gasteiger partial charge in [-0.1, -0.05) is 6.07 Å². The van der Waals surface area contributed by atoms with E-state index >= 15 is 0 Å². The largest absolute Gasteiger partial charge is 0.379 e. The monoisotopic (exact) mass is 249 g/mol. The highest BCUT2D eigenvalue weighted by atomic mass is 16.5. The molecule has 100 valence electrons. The van der Waals surface area contributed by atoms with Gasteiger partial charge in [0.1, 0.15) is 0 Å². The normalized spacial score (nSPS) is 20.6. The van der Waals surface area contributed by atoms with Gasteiger partial charge in [-0.05, 0) is 25.5 Å². The van der Waals surface area contributed by atoms with E-state index in [1.165, 1.54) is 5.56 Å². The highest BCUT2D eigenvalue weighted by Crippen LogP contribution is 2.11. The predicted octanol–water partition coefficient (Wildman–Crippen LogP) is 1.45. The van der Waals surface area contributed by atoms with Crippen LogP contribution in [0.3, 0.4) is 0 Å². The molecule has 18 heavy (non-hydrogen) atoms. The van der Waals surface area contributed by atoms with Crippen molar-refractivity contribution in [3.05, 3.63) is 30.1 Å². The number of ether oxygens (including phenoxy) is 1. The van der Waals surface area contributed by atoms with Gasteiger partial charge < -0.3 is 10.1 Å². The van der Waals surface area contributed by atoms with Crippen molar-refractivity contribution >= 4 is 0 Å².